The van der Waals surface area contributed by atoms with Crippen LogP contribution in [0.1, 0.15) is 44.2 Å². The van der Waals surface area contributed by atoms with E-state index >= 15 is 0 Å². The summed E-state index contributed by atoms with van der Waals surface area (Å²) in [5.41, 5.74) is 2.56. The number of hydrogen-bond acceptors (Lipinski definition) is 2. The Kier molecular flexibility index (Phi) is 6.86. The van der Waals surface area contributed by atoms with Crippen molar-refractivity contribution < 1.29 is 9.53 Å². The van der Waals surface area contributed by atoms with E-state index in [4.69, 9.17) is 4.74 Å². The van der Waals surface area contributed by atoms with Crippen molar-refractivity contribution in [1.82, 2.24) is 5.32 Å². The summed E-state index contributed by atoms with van der Waals surface area (Å²) in [6, 6.07) is 18.4. The first kappa shape index (κ1) is 18.1. The summed E-state index contributed by atoms with van der Waals surface area (Å²) < 4.78 is 5.55. The second-order valence-electron chi connectivity index (χ2n) is 6.51. The molecule has 0 aliphatic carbocycles. The SMILES string of the molecule is CC(C)c1ccc(OCC(=O)N[C@H](C)CCc2ccccc2)cc1. The molecule has 1 amide bonds. The van der Waals surface area contributed by atoms with Gasteiger partial charge in [0.1, 0.15) is 5.75 Å². The minimum atomic E-state index is -0.0801. The lowest BCUT2D eigenvalue weighted by atomic mass is 10.0. The maximum atomic E-state index is 12.0. The molecule has 1 N–H and O–H groups in total. The zero-order valence-electron chi connectivity index (χ0n) is 14.8. The van der Waals surface area contributed by atoms with E-state index in [1.54, 1.807) is 0 Å². The molecule has 0 aromatic heterocycles. The van der Waals surface area contributed by atoms with E-state index in [1.807, 2.05) is 49.4 Å². The highest BCUT2D eigenvalue weighted by molar-refractivity contribution is 5.77. The molecule has 0 heterocycles. The van der Waals surface area contributed by atoms with Gasteiger partial charge in [0.15, 0.2) is 6.61 Å². The number of hydrogen-bond donors (Lipinski definition) is 1. The Bertz CT molecular complexity index is 620. The molecule has 0 saturated carbocycles. The van der Waals surface area contributed by atoms with Crippen molar-refractivity contribution in [1.29, 1.82) is 0 Å². The number of rotatable bonds is 8. The van der Waals surface area contributed by atoms with Crippen molar-refractivity contribution in [2.45, 2.75) is 45.6 Å². The number of carbonyl (C=O) groups is 1. The minimum Gasteiger partial charge on any atom is -0.484 e. The molecule has 3 nitrogen and oxygen atoms in total. The first-order chi connectivity index (χ1) is 11.5. The fourth-order valence-electron chi connectivity index (χ4n) is 2.51. The smallest absolute Gasteiger partial charge is 0.258 e. The van der Waals surface area contributed by atoms with Crippen LogP contribution in [-0.4, -0.2) is 18.6 Å². The molecule has 2 aromatic carbocycles. The third-order valence-corrected chi connectivity index (χ3v) is 4.03. The first-order valence-corrected chi connectivity index (χ1v) is 8.60. The topological polar surface area (TPSA) is 38.3 Å². The molecule has 0 spiro atoms. The lowest BCUT2D eigenvalue weighted by Gasteiger charge is -2.14. The summed E-state index contributed by atoms with van der Waals surface area (Å²) in [7, 11) is 0. The van der Waals surface area contributed by atoms with Gasteiger partial charge in [0, 0.05) is 6.04 Å². The maximum absolute atomic E-state index is 12.0. The predicted octanol–water partition coefficient (Wildman–Crippen LogP) is 4.33. The molecule has 24 heavy (non-hydrogen) atoms. The van der Waals surface area contributed by atoms with Gasteiger partial charge in [0.25, 0.3) is 5.91 Å². The molecule has 0 fully saturated rings. The van der Waals surface area contributed by atoms with Crippen molar-refractivity contribution in [3.05, 3.63) is 65.7 Å². The largest absolute Gasteiger partial charge is 0.484 e. The number of nitrogens with one attached hydrogen (secondary N) is 1. The van der Waals surface area contributed by atoms with Crippen molar-refractivity contribution in [3.8, 4) is 5.75 Å². The summed E-state index contributed by atoms with van der Waals surface area (Å²) in [5, 5.41) is 2.99. The van der Waals surface area contributed by atoms with Crippen LogP contribution < -0.4 is 10.1 Å². The Morgan fingerprint density at radius 2 is 1.67 bits per heavy atom. The Hall–Kier alpha value is -2.29. The van der Waals surface area contributed by atoms with Gasteiger partial charge in [-0.25, -0.2) is 0 Å². The summed E-state index contributed by atoms with van der Waals surface area (Å²) in [6.45, 7) is 6.38. The van der Waals surface area contributed by atoms with Crippen molar-refractivity contribution in [3.63, 3.8) is 0 Å². The molecule has 0 aliphatic rings. The first-order valence-electron chi connectivity index (χ1n) is 8.60. The molecule has 128 valence electrons. The zero-order valence-corrected chi connectivity index (χ0v) is 14.8. The average Bonchev–Trinajstić information content (AvgIpc) is 2.59. The van der Waals surface area contributed by atoms with E-state index in [-0.39, 0.29) is 18.6 Å². The second kappa shape index (κ2) is 9.11. The highest BCUT2D eigenvalue weighted by Crippen LogP contribution is 2.18. The fourth-order valence-corrected chi connectivity index (χ4v) is 2.51. The number of carbonyl (C=O) groups excluding carboxylic acids is 1. The van der Waals surface area contributed by atoms with Crippen LogP contribution >= 0.6 is 0 Å². The average molecular weight is 325 g/mol. The quantitative estimate of drug-likeness (QED) is 0.784. The Balaban J connectivity index is 1.70. The van der Waals surface area contributed by atoms with Crippen LogP contribution in [-0.2, 0) is 11.2 Å². The monoisotopic (exact) mass is 325 g/mol. The number of amides is 1. The van der Waals surface area contributed by atoms with E-state index in [0.717, 1.165) is 18.6 Å². The van der Waals surface area contributed by atoms with Gasteiger partial charge in [-0.1, -0.05) is 56.3 Å². The van der Waals surface area contributed by atoms with Crippen LogP contribution in [0.4, 0.5) is 0 Å². The molecule has 0 bridgehead atoms. The molecular weight excluding hydrogens is 298 g/mol. The normalized spacial score (nSPS) is 12.0. The summed E-state index contributed by atoms with van der Waals surface area (Å²) in [4.78, 5) is 12.0. The van der Waals surface area contributed by atoms with Crippen LogP contribution in [0.15, 0.2) is 54.6 Å². The molecule has 2 aromatic rings. The molecule has 2 rings (SSSR count). The fraction of sp³-hybridized carbons (Fsp3) is 0.381. The van der Waals surface area contributed by atoms with Crippen LogP contribution in [0.25, 0.3) is 0 Å². The molecular formula is C21H27NO2. The maximum Gasteiger partial charge on any atom is 0.258 e. The van der Waals surface area contributed by atoms with Crippen LogP contribution in [0.2, 0.25) is 0 Å². The number of ether oxygens (including phenoxy) is 1. The highest BCUT2D eigenvalue weighted by Gasteiger charge is 2.08. The molecule has 1 atom stereocenters. The van der Waals surface area contributed by atoms with E-state index in [9.17, 15) is 4.79 Å². The van der Waals surface area contributed by atoms with Crippen molar-refractivity contribution in [2.75, 3.05) is 6.61 Å². The van der Waals surface area contributed by atoms with Gasteiger partial charge in [-0.3, -0.25) is 4.79 Å². The van der Waals surface area contributed by atoms with E-state index < -0.39 is 0 Å². The predicted molar refractivity (Wildman–Crippen MR) is 98.4 cm³/mol. The lowest BCUT2D eigenvalue weighted by molar-refractivity contribution is -0.123. The van der Waals surface area contributed by atoms with Gasteiger partial charge in [-0.15, -0.1) is 0 Å². The molecule has 3 heteroatoms. The van der Waals surface area contributed by atoms with Gasteiger partial charge in [-0.05, 0) is 48.9 Å². The van der Waals surface area contributed by atoms with Crippen LogP contribution in [0, 0.1) is 0 Å². The Morgan fingerprint density at radius 1 is 1.00 bits per heavy atom. The van der Waals surface area contributed by atoms with Gasteiger partial charge >= 0.3 is 0 Å². The van der Waals surface area contributed by atoms with Gasteiger partial charge in [-0.2, -0.15) is 0 Å². The Morgan fingerprint density at radius 3 is 2.29 bits per heavy atom. The highest BCUT2D eigenvalue weighted by atomic mass is 16.5. The Labute approximate surface area is 145 Å². The summed E-state index contributed by atoms with van der Waals surface area (Å²) >= 11 is 0. The summed E-state index contributed by atoms with van der Waals surface area (Å²) in [6.07, 6.45) is 1.87. The third kappa shape index (κ3) is 6.07. The lowest BCUT2D eigenvalue weighted by Crippen LogP contribution is -2.36. The minimum absolute atomic E-state index is 0.0523. The van der Waals surface area contributed by atoms with Crippen molar-refractivity contribution >= 4 is 5.91 Å². The van der Waals surface area contributed by atoms with Gasteiger partial charge in [0.05, 0.1) is 0 Å². The van der Waals surface area contributed by atoms with Crippen LogP contribution in [0.5, 0.6) is 5.75 Å². The standard InChI is InChI=1S/C21H27NO2/c1-16(2)19-11-13-20(14-12-19)24-15-21(23)22-17(3)9-10-18-7-5-4-6-8-18/h4-8,11-14,16-17H,9-10,15H2,1-3H3,(H,22,23)/t17-/m1/s1. The number of aryl methyl sites for hydroxylation is 1. The number of benzene rings is 2. The van der Waals surface area contributed by atoms with Gasteiger partial charge in [0.2, 0.25) is 0 Å². The molecule has 0 aliphatic heterocycles. The second-order valence-corrected chi connectivity index (χ2v) is 6.51. The molecule has 0 radical (unpaired) electrons. The van der Waals surface area contributed by atoms with Crippen molar-refractivity contribution in [2.24, 2.45) is 0 Å². The summed E-state index contributed by atoms with van der Waals surface area (Å²) in [5.74, 6) is 1.14. The van der Waals surface area contributed by atoms with E-state index in [1.165, 1.54) is 11.1 Å². The van der Waals surface area contributed by atoms with E-state index in [0.29, 0.717) is 5.92 Å². The molecule has 0 unspecified atom stereocenters. The van der Waals surface area contributed by atoms with Crippen LogP contribution in [0.3, 0.4) is 0 Å². The third-order valence-electron chi connectivity index (χ3n) is 4.03. The zero-order chi connectivity index (χ0) is 17.4. The molecule has 0 saturated heterocycles. The van der Waals surface area contributed by atoms with E-state index in [2.05, 4.69) is 31.3 Å². The van der Waals surface area contributed by atoms with Gasteiger partial charge < -0.3 is 10.1 Å².